The van der Waals surface area contributed by atoms with E-state index >= 15 is 0 Å². The molecule has 1 saturated carbocycles. The summed E-state index contributed by atoms with van der Waals surface area (Å²) in [6.07, 6.45) is 6.31. The normalized spacial score (nSPS) is 20.3. The van der Waals surface area contributed by atoms with E-state index in [4.69, 9.17) is 4.52 Å². The Labute approximate surface area is 75.5 Å². The maximum Gasteiger partial charge on any atom is 0.216 e. The van der Waals surface area contributed by atoms with Gasteiger partial charge in [0.1, 0.15) is 5.80 Å². The van der Waals surface area contributed by atoms with Crippen molar-refractivity contribution in [1.82, 2.24) is 0 Å². The Bertz CT molecular complexity index is 151. The van der Waals surface area contributed by atoms with Gasteiger partial charge in [-0.3, -0.25) is 0 Å². The van der Waals surface area contributed by atoms with Crippen LogP contribution >= 0.6 is 8.00 Å². The van der Waals surface area contributed by atoms with Crippen LogP contribution < -0.4 is 4.89 Å². The Kier molecular flexibility index (Phi) is 4.82. The van der Waals surface area contributed by atoms with Crippen molar-refractivity contribution in [3.05, 3.63) is 0 Å². The predicted octanol–water partition coefficient (Wildman–Crippen LogP) is 2.08. The molecule has 1 unspecified atom stereocenters. The van der Waals surface area contributed by atoms with Crippen molar-refractivity contribution in [3.63, 3.8) is 0 Å². The average Bonchev–Trinajstić information content (AvgIpc) is 2.53. The summed E-state index contributed by atoms with van der Waals surface area (Å²) in [6, 6.07) is 0. The molecule has 2 nitrogen and oxygen atoms in total. The third-order valence-corrected chi connectivity index (χ3v) is 3.34. The van der Waals surface area contributed by atoms with Gasteiger partial charge in [0.25, 0.3) is 0 Å². The summed E-state index contributed by atoms with van der Waals surface area (Å²) in [4.78, 5) is 11.1. The Morgan fingerprint density at radius 3 is 2.75 bits per heavy atom. The van der Waals surface area contributed by atoms with Gasteiger partial charge in [0.15, 0.2) is 0 Å². The molecule has 3 heteroatoms. The minimum atomic E-state index is -1.47. The fourth-order valence-corrected chi connectivity index (χ4v) is 2.49. The average molecular weight is 188 g/mol. The van der Waals surface area contributed by atoms with E-state index in [1.165, 1.54) is 25.7 Å². The predicted molar refractivity (Wildman–Crippen MR) is 51.2 cm³/mol. The van der Waals surface area contributed by atoms with Crippen LogP contribution in [0.15, 0.2) is 0 Å². The van der Waals surface area contributed by atoms with Crippen LogP contribution in [0.5, 0.6) is 0 Å². The molecular formula is C9H17O2P. The molecule has 0 aromatic rings. The van der Waals surface area contributed by atoms with Crippen LogP contribution in [0, 0.1) is 5.92 Å². The second-order valence-corrected chi connectivity index (χ2v) is 4.47. The highest BCUT2D eigenvalue weighted by atomic mass is 31.1. The summed E-state index contributed by atoms with van der Waals surface area (Å²) in [5, 5.41) is 0. The summed E-state index contributed by atoms with van der Waals surface area (Å²) >= 11 is 0. The minimum absolute atomic E-state index is 0.552. The first-order chi connectivity index (χ1) is 5.83. The Hall–Kier alpha value is 0.0900. The van der Waals surface area contributed by atoms with E-state index in [0.29, 0.717) is 6.61 Å². The molecule has 0 aliphatic heterocycles. The molecule has 1 fully saturated rings. The van der Waals surface area contributed by atoms with Gasteiger partial charge in [0, 0.05) is 6.42 Å². The van der Waals surface area contributed by atoms with Crippen molar-refractivity contribution in [3.8, 4) is 0 Å². The van der Waals surface area contributed by atoms with E-state index in [1.807, 2.05) is 12.7 Å². The highest BCUT2D eigenvalue weighted by Gasteiger charge is 2.14. The number of hydrogen-bond acceptors (Lipinski definition) is 2. The highest BCUT2D eigenvalue weighted by molar-refractivity contribution is 7.44. The molecule has 1 aliphatic rings. The molecular weight excluding hydrogens is 171 g/mol. The Morgan fingerprint density at radius 2 is 2.17 bits per heavy atom. The molecule has 0 aromatic heterocycles. The maximum absolute atomic E-state index is 11.1. The molecule has 0 amide bonds. The van der Waals surface area contributed by atoms with Gasteiger partial charge in [0.2, 0.25) is 8.00 Å². The SMILES string of the molecule is CCO[P+]([O-])=CCC1CCCC1. The summed E-state index contributed by atoms with van der Waals surface area (Å²) in [7, 11) is -1.47. The fraction of sp³-hybridized carbons (Fsp3) is 0.889. The van der Waals surface area contributed by atoms with Crippen molar-refractivity contribution < 1.29 is 9.42 Å². The van der Waals surface area contributed by atoms with Gasteiger partial charge in [-0.1, -0.05) is 25.7 Å². The monoisotopic (exact) mass is 188 g/mol. The van der Waals surface area contributed by atoms with Crippen LogP contribution in [0.4, 0.5) is 0 Å². The van der Waals surface area contributed by atoms with Crippen LogP contribution in [0.25, 0.3) is 0 Å². The lowest BCUT2D eigenvalue weighted by atomic mass is 10.1. The zero-order valence-corrected chi connectivity index (χ0v) is 8.56. The van der Waals surface area contributed by atoms with Crippen LogP contribution in [0.2, 0.25) is 0 Å². The highest BCUT2D eigenvalue weighted by Crippen LogP contribution is 2.28. The zero-order valence-electron chi connectivity index (χ0n) is 7.66. The third kappa shape index (κ3) is 3.66. The molecule has 0 saturated heterocycles. The van der Waals surface area contributed by atoms with Crippen LogP contribution in [-0.2, 0) is 4.52 Å². The van der Waals surface area contributed by atoms with Gasteiger partial charge in [-0.2, -0.15) is 4.52 Å². The Morgan fingerprint density at radius 1 is 1.50 bits per heavy atom. The molecule has 70 valence electrons. The molecule has 1 rings (SSSR count). The molecule has 0 heterocycles. The smallest absolute Gasteiger partial charge is 0.216 e. The summed E-state index contributed by atoms with van der Waals surface area (Å²) < 4.78 is 4.96. The van der Waals surface area contributed by atoms with Crippen LogP contribution in [0.3, 0.4) is 0 Å². The van der Waals surface area contributed by atoms with Crippen molar-refractivity contribution in [2.75, 3.05) is 6.61 Å². The zero-order chi connectivity index (χ0) is 8.81. The molecule has 0 bridgehead atoms. The molecule has 0 radical (unpaired) electrons. The van der Waals surface area contributed by atoms with E-state index < -0.39 is 8.00 Å². The second kappa shape index (κ2) is 5.69. The first-order valence-corrected chi connectivity index (χ1v) is 6.00. The van der Waals surface area contributed by atoms with Gasteiger partial charge >= 0.3 is 0 Å². The third-order valence-electron chi connectivity index (χ3n) is 2.32. The van der Waals surface area contributed by atoms with Crippen molar-refractivity contribution in [2.45, 2.75) is 39.0 Å². The topological polar surface area (TPSA) is 32.3 Å². The second-order valence-electron chi connectivity index (χ2n) is 3.27. The molecule has 1 aliphatic carbocycles. The molecule has 12 heavy (non-hydrogen) atoms. The van der Waals surface area contributed by atoms with Crippen molar-refractivity contribution in [1.29, 1.82) is 0 Å². The summed E-state index contributed by atoms with van der Waals surface area (Å²) in [5.41, 5.74) is 0. The van der Waals surface area contributed by atoms with Gasteiger partial charge in [-0.25, -0.2) is 0 Å². The maximum atomic E-state index is 11.1. The van der Waals surface area contributed by atoms with Gasteiger partial charge in [0.05, 0.1) is 6.61 Å². The van der Waals surface area contributed by atoms with E-state index in [0.717, 1.165) is 12.3 Å². The Balaban J connectivity index is 2.17. The number of rotatable bonds is 4. The lowest BCUT2D eigenvalue weighted by Crippen LogP contribution is -1.98. The molecule has 0 N–H and O–H groups in total. The van der Waals surface area contributed by atoms with E-state index in [2.05, 4.69) is 0 Å². The van der Waals surface area contributed by atoms with Crippen LogP contribution in [-0.4, -0.2) is 12.4 Å². The summed E-state index contributed by atoms with van der Waals surface area (Å²) in [5.74, 6) is 2.62. The van der Waals surface area contributed by atoms with Gasteiger partial charge in [-0.15, -0.1) is 0 Å². The lowest BCUT2D eigenvalue weighted by molar-refractivity contribution is -0.171. The lowest BCUT2D eigenvalue weighted by Gasteiger charge is -2.02. The van der Waals surface area contributed by atoms with Crippen molar-refractivity contribution >= 4 is 13.8 Å². The van der Waals surface area contributed by atoms with Gasteiger partial charge in [-0.05, 0) is 12.8 Å². The quantitative estimate of drug-likeness (QED) is 0.632. The molecule has 1 atom stereocenters. The standard InChI is InChI=1S/C9H17O2P/c1-2-11-12(10)8-7-9-5-3-4-6-9/h8-9H,2-7H2,1H3. The fourth-order valence-electron chi connectivity index (χ4n) is 1.66. The first-order valence-electron chi connectivity index (χ1n) is 4.75. The van der Waals surface area contributed by atoms with E-state index in [-0.39, 0.29) is 0 Å². The first kappa shape index (κ1) is 10.2. The minimum Gasteiger partial charge on any atom is -0.603 e. The van der Waals surface area contributed by atoms with E-state index in [1.54, 1.807) is 0 Å². The molecule has 0 spiro atoms. The van der Waals surface area contributed by atoms with Crippen LogP contribution in [0.1, 0.15) is 39.0 Å². The molecule has 0 aromatic carbocycles. The summed E-state index contributed by atoms with van der Waals surface area (Å²) in [6.45, 7) is 2.42. The van der Waals surface area contributed by atoms with Gasteiger partial charge < -0.3 is 4.89 Å². The largest absolute Gasteiger partial charge is 0.603 e. The van der Waals surface area contributed by atoms with E-state index in [9.17, 15) is 4.89 Å². The number of hydrogen-bond donors (Lipinski definition) is 0. The van der Waals surface area contributed by atoms with Crippen molar-refractivity contribution in [2.24, 2.45) is 5.92 Å².